The number of carbonyl (C=O) groups is 1. The van der Waals surface area contributed by atoms with Crippen LogP contribution in [0.5, 0.6) is 0 Å². The molecule has 2 N–H and O–H groups in total. The van der Waals surface area contributed by atoms with E-state index in [9.17, 15) is 4.79 Å². The van der Waals surface area contributed by atoms with Crippen LogP contribution >= 0.6 is 0 Å². The van der Waals surface area contributed by atoms with Crippen LogP contribution in [0.1, 0.15) is 20.8 Å². The molecule has 70 valence electrons. The Morgan fingerprint density at radius 3 is 2.58 bits per heavy atom. The zero-order valence-corrected chi connectivity index (χ0v) is 8.05. The fourth-order valence-electron chi connectivity index (χ4n) is 0.865. The van der Waals surface area contributed by atoms with E-state index in [1.807, 2.05) is 20.8 Å². The molecule has 0 heterocycles. The van der Waals surface area contributed by atoms with Crippen molar-refractivity contribution >= 4 is 5.91 Å². The summed E-state index contributed by atoms with van der Waals surface area (Å²) in [4.78, 5) is 11.2. The Kier molecular flexibility index (Phi) is 5.37. The molecule has 0 saturated heterocycles. The fourth-order valence-corrected chi connectivity index (χ4v) is 0.865. The highest BCUT2D eigenvalue weighted by Crippen LogP contribution is 1.87. The molecule has 0 aromatic carbocycles. The van der Waals surface area contributed by atoms with E-state index in [4.69, 9.17) is 0 Å². The van der Waals surface area contributed by atoms with Gasteiger partial charge in [-0.3, -0.25) is 4.79 Å². The Hall–Kier alpha value is -0.830. The predicted octanol–water partition coefficient (Wildman–Crippen LogP) is 0.675. The standard InChI is InChI=1S/C9H18N2O/c1-5-7(3)11-8(4)9(12)10-6-2/h5,7-8,11H,1,6H2,2-4H3,(H,10,12). The van der Waals surface area contributed by atoms with Gasteiger partial charge in [-0.2, -0.15) is 0 Å². The lowest BCUT2D eigenvalue weighted by atomic mass is 10.2. The van der Waals surface area contributed by atoms with Crippen LogP contribution in [0.25, 0.3) is 0 Å². The second kappa shape index (κ2) is 5.77. The van der Waals surface area contributed by atoms with Gasteiger partial charge in [-0.25, -0.2) is 0 Å². The van der Waals surface area contributed by atoms with Crippen LogP contribution < -0.4 is 10.6 Å². The molecule has 0 rings (SSSR count). The maximum Gasteiger partial charge on any atom is 0.236 e. The highest BCUT2D eigenvalue weighted by molar-refractivity contribution is 5.81. The molecule has 1 amide bonds. The number of rotatable bonds is 5. The first-order valence-electron chi connectivity index (χ1n) is 4.28. The molecule has 0 fully saturated rings. The minimum atomic E-state index is -0.155. The summed E-state index contributed by atoms with van der Waals surface area (Å²) in [6.07, 6.45) is 1.77. The average molecular weight is 170 g/mol. The van der Waals surface area contributed by atoms with Gasteiger partial charge in [0.2, 0.25) is 5.91 Å². The average Bonchev–Trinajstić information content (AvgIpc) is 2.04. The monoisotopic (exact) mass is 170 g/mol. The van der Waals surface area contributed by atoms with E-state index < -0.39 is 0 Å². The SMILES string of the molecule is C=CC(C)NC(C)C(=O)NCC. The Balaban J connectivity index is 3.77. The summed E-state index contributed by atoms with van der Waals surface area (Å²) in [6, 6.07) is 0.0144. The molecule has 0 radical (unpaired) electrons. The fraction of sp³-hybridized carbons (Fsp3) is 0.667. The van der Waals surface area contributed by atoms with Crippen LogP contribution in [-0.4, -0.2) is 24.5 Å². The maximum atomic E-state index is 11.2. The summed E-state index contributed by atoms with van der Waals surface area (Å²) < 4.78 is 0. The lowest BCUT2D eigenvalue weighted by Crippen LogP contribution is -2.45. The molecule has 0 aliphatic carbocycles. The zero-order valence-electron chi connectivity index (χ0n) is 8.05. The van der Waals surface area contributed by atoms with Crippen molar-refractivity contribution in [2.75, 3.05) is 6.54 Å². The van der Waals surface area contributed by atoms with Crippen molar-refractivity contribution in [1.82, 2.24) is 10.6 Å². The van der Waals surface area contributed by atoms with Gasteiger partial charge in [0.05, 0.1) is 6.04 Å². The second-order valence-electron chi connectivity index (χ2n) is 2.81. The first kappa shape index (κ1) is 11.2. The third-order valence-corrected chi connectivity index (χ3v) is 1.61. The number of likely N-dealkylation sites (N-methyl/N-ethyl adjacent to an activating group) is 1. The van der Waals surface area contributed by atoms with Crippen LogP contribution in [0, 0.1) is 0 Å². The summed E-state index contributed by atoms with van der Waals surface area (Å²) >= 11 is 0. The molecule has 0 spiro atoms. The molecule has 0 aromatic rings. The zero-order chi connectivity index (χ0) is 9.56. The Labute approximate surface area is 74.2 Å². The highest BCUT2D eigenvalue weighted by Gasteiger charge is 2.11. The summed E-state index contributed by atoms with van der Waals surface area (Å²) in [5, 5.41) is 5.82. The van der Waals surface area contributed by atoms with Crippen molar-refractivity contribution in [2.24, 2.45) is 0 Å². The van der Waals surface area contributed by atoms with E-state index in [2.05, 4.69) is 17.2 Å². The Morgan fingerprint density at radius 2 is 2.17 bits per heavy atom. The molecule has 0 aliphatic heterocycles. The molecule has 2 atom stereocenters. The van der Waals surface area contributed by atoms with Crippen LogP contribution in [0.2, 0.25) is 0 Å². The maximum absolute atomic E-state index is 11.2. The molecule has 12 heavy (non-hydrogen) atoms. The normalized spacial score (nSPS) is 14.9. The lowest BCUT2D eigenvalue weighted by Gasteiger charge is -2.16. The van der Waals surface area contributed by atoms with Gasteiger partial charge in [0.1, 0.15) is 0 Å². The van der Waals surface area contributed by atoms with E-state index in [1.54, 1.807) is 6.08 Å². The van der Waals surface area contributed by atoms with Gasteiger partial charge in [0.25, 0.3) is 0 Å². The highest BCUT2D eigenvalue weighted by atomic mass is 16.2. The number of hydrogen-bond donors (Lipinski definition) is 2. The van der Waals surface area contributed by atoms with Gasteiger partial charge in [-0.15, -0.1) is 6.58 Å². The first-order valence-corrected chi connectivity index (χ1v) is 4.28. The number of carbonyl (C=O) groups excluding carboxylic acids is 1. The Morgan fingerprint density at radius 1 is 1.58 bits per heavy atom. The lowest BCUT2D eigenvalue weighted by molar-refractivity contribution is -0.122. The van der Waals surface area contributed by atoms with Crippen molar-refractivity contribution < 1.29 is 4.79 Å². The van der Waals surface area contributed by atoms with Gasteiger partial charge in [0, 0.05) is 12.6 Å². The molecular formula is C9H18N2O. The van der Waals surface area contributed by atoms with E-state index in [0.29, 0.717) is 6.54 Å². The molecule has 3 nitrogen and oxygen atoms in total. The molecule has 2 unspecified atom stereocenters. The third-order valence-electron chi connectivity index (χ3n) is 1.61. The number of hydrogen-bond acceptors (Lipinski definition) is 2. The van der Waals surface area contributed by atoms with Gasteiger partial charge >= 0.3 is 0 Å². The molecule has 0 saturated carbocycles. The van der Waals surface area contributed by atoms with Crippen molar-refractivity contribution in [3.63, 3.8) is 0 Å². The Bertz CT molecular complexity index is 157. The number of amides is 1. The minimum absolute atomic E-state index is 0.0335. The largest absolute Gasteiger partial charge is 0.355 e. The molecule has 0 aromatic heterocycles. The van der Waals surface area contributed by atoms with Crippen molar-refractivity contribution in [3.8, 4) is 0 Å². The van der Waals surface area contributed by atoms with Crippen molar-refractivity contribution in [1.29, 1.82) is 0 Å². The minimum Gasteiger partial charge on any atom is -0.355 e. The van der Waals surface area contributed by atoms with Crippen molar-refractivity contribution in [2.45, 2.75) is 32.9 Å². The van der Waals surface area contributed by atoms with Crippen LogP contribution in [0.4, 0.5) is 0 Å². The third kappa shape index (κ3) is 4.13. The smallest absolute Gasteiger partial charge is 0.236 e. The number of nitrogens with one attached hydrogen (secondary N) is 2. The van der Waals surface area contributed by atoms with Crippen LogP contribution in [-0.2, 0) is 4.79 Å². The summed E-state index contributed by atoms with van der Waals surface area (Å²) in [6.45, 7) is 10.0. The van der Waals surface area contributed by atoms with Gasteiger partial charge in [-0.05, 0) is 20.8 Å². The quantitative estimate of drug-likeness (QED) is 0.596. The van der Waals surface area contributed by atoms with E-state index in [0.717, 1.165) is 0 Å². The van der Waals surface area contributed by atoms with Crippen LogP contribution in [0.15, 0.2) is 12.7 Å². The van der Waals surface area contributed by atoms with Crippen LogP contribution in [0.3, 0.4) is 0 Å². The molecule has 0 bridgehead atoms. The van der Waals surface area contributed by atoms with Gasteiger partial charge in [0.15, 0.2) is 0 Å². The van der Waals surface area contributed by atoms with Gasteiger partial charge in [-0.1, -0.05) is 6.08 Å². The summed E-state index contributed by atoms with van der Waals surface area (Å²) in [7, 11) is 0. The topological polar surface area (TPSA) is 41.1 Å². The summed E-state index contributed by atoms with van der Waals surface area (Å²) in [5.74, 6) is 0.0335. The predicted molar refractivity (Wildman–Crippen MR) is 50.9 cm³/mol. The molecular weight excluding hydrogens is 152 g/mol. The van der Waals surface area contributed by atoms with Crippen molar-refractivity contribution in [3.05, 3.63) is 12.7 Å². The van der Waals surface area contributed by atoms with Gasteiger partial charge < -0.3 is 10.6 Å². The first-order chi connectivity index (χ1) is 5.61. The van der Waals surface area contributed by atoms with E-state index in [1.165, 1.54) is 0 Å². The summed E-state index contributed by atoms with van der Waals surface area (Å²) in [5.41, 5.74) is 0. The van der Waals surface area contributed by atoms with E-state index >= 15 is 0 Å². The van der Waals surface area contributed by atoms with E-state index in [-0.39, 0.29) is 18.0 Å². The molecule has 0 aliphatic rings. The second-order valence-corrected chi connectivity index (χ2v) is 2.81. The molecule has 3 heteroatoms.